The van der Waals surface area contributed by atoms with Gasteiger partial charge in [-0.25, -0.2) is 0 Å². The molecule has 130 valence electrons. The third kappa shape index (κ3) is 3.62. The molecule has 25 heavy (non-hydrogen) atoms. The van der Waals surface area contributed by atoms with Crippen LogP contribution in [0.2, 0.25) is 0 Å². The van der Waals surface area contributed by atoms with E-state index in [1.807, 2.05) is 41.5 Å². The van der Waals surface area contributed by atoms with Crippen LogP contribution in [0.4, 0.5) is 0 Å². The summed E-state index contributed by atoms with van der Waals surface area (Å²) in [6.07, 6.45) is 10.6. The van der Waals surface area contributed by atoms with Crippen molar-refractivity contribution in [3.05, 3.63) is 54.7 Å². The lowest BCUT2D eigenvalue weighted by Gasteiger charge is -2.16. The fraction of sp³-hybridized carbons (Fsp3) is 0.389. The summed E-state index contributed by atoms with van der Waals surface area (Å²) in [5, 5.41) is 25.3. The van der Waals surface area contributed by atoms with Gasteiger partial charge in [-0.15, -0.1) is 0 Å². The topological polar surface area (TPSA) is 91.6 Å². The minimum Gasteiger partial charge on any atom is -0.391 e. The van der Waals surface area contributed by atoms with E-state index in [1.165, 1.54) is 0 Å². The summed E-state index contributed by atoms with van der Waals surface area (Å²) < 4.78 is 1.94. The lowest BCUT2D eigenvalue weighted by Crippen LogP contribution is -2.35. The van der Waals surface area contributed by atoms with Gasteiger partial charge in [0, 0.05) is 55.0 Å². The first-order valence-corrected chi connectivity index (χ1v) is 8.61. The van der Waals surface area contributed by atoms with Gasteiger partial charge in [0.05, 0.1) is 18.0 Å². The number of rotatable bonds is 6. The van der Waals surface area contributed by atoms with Crippen LogP contribution in [-0.2, 0) is 13.1 Å². The molecule has 7 nitrogen and oxygen atoms in total. The number of pyridine rings is 1. The molecule has 0 amide bonds. The van der Waals surface area contributed by atoms with Crippen LogP contribution < -0.4 is 5.32 Å². The van der Waals surface area contributed by atoms with Crippen LogP contribution in [0, 0.1) is 5.92 Å². The van der Waals surface area contributed by atoms with Crippen molar-refractivity contribution >= 4 is 0 Å². The molecule has 0 bridgehead atoms. The number of aromatic nitrogens is 5. The fourth-order valence-electron chi connectivity index (χ4n) is 3.61. The Bertz CT molecular complexity index is 785. The van der Waals surface area contributed by atoms with Gasteiger partial charge in [-0.3, -0.25) is 14.8 Å². The first-order chi connectivity index (χ1) is 12.3. The van der Waals surface area contributed by atoms with Gasteiger partial charge in [0.25, 0.3) is 0 Å². The van der Waals surface area contributed by atoms with E-state index in [0.717, 1.165) is 36.2 Å². The highest BCUT2D eigenvalue weighted by molar-refractivity contribution is 5.61. The minimum atomic E-state index is -0.325. The van der Waals surface area contributed by atoms with Crippen LogP contribution in [0.25, 0.3) is 11.3 Å². The van der Waals surface area contributed by atoms with Crippen LogP contribution >= 0.6 is 0 Å². The number of aromatic amines is 1. The maximum atomic E-state index is 10.4. The number of H-pyrrole nitrogens is 1. The Morgan fingerprint density at radius 1 is 1.24 bits per heavy atom. The van der Waals surface area contributed by atoms with Crippen molar-refractivity contribution in [3.8, 4) is 11.3 Å². The van der Waals surface area contributed by atoms with Crippen LogP contribution in [0.5, 0.6) is 0 Å². The Balaban J connectivity index is 1.37. The fourth-order valence-corrected chi connectivity index (χ4v) is 3.61. The number of hydrogen-bond donors (Lipinski definition) is 3. The van der Waals surface area contributed by atoms with Crippen molar-refractivity contribution in [2.45, 2.75) is 38.1 Å². The van der Waals surface area contributed by atoms with Crippen LogP contribution in [0.3, 0.4) is 0 Å². The molecular weight excluding hydrogens is 316 g/mol. The molecular formula is C18H22N6O. The maximum Gasteiger partial charge on any atom is 0.0710 e. The van der Waals surface area contributed by atoms with Crippen molar-refractivity contribution in [2.75, 3.05) is 0 Å². The predicted molar refractivity (Wildman–Crippen MR) is 93.4 cm³/mol. The average Bonchev–Trinajstić information content (AvgIpc) is 3.36. The molecule has 4 rings (SSSR count). The minimum absolute atomic E-state index is 0.0946. The first-order valence-electron chi connectivity index (χ1n) is 8.61. The smallest absolute Gasteiger partial charge is 0.0710 e. The highest BCUT2D eigenvalue weighted by Crippen LogP contribution is 2.28. The van der Waals surface area contributed by atoms with Gasteiger partial charge in [0.15, 0.2) is 0 Å². The maximum absolute atomic E-state index is 10.4. The quantitative estimate of drug-likeness (QED) is 0.635. The van der Waals surface area contributed by atoms with E-state index in [2.05, 4.69) is 25.6 Å². The lowest BCUT2D eigenvalue weighted by atomic mass is 10.1. The summed E-state index contributed by atoms with van der Waals surface area (Å²) in [7, 11) is 0. The average molecular weight is 338 g/mol. The highest BCUT2D eigenvalue weighted by Gasteiger charge is 2.32. The van der Waals surface area contributed by atoms with Crippen molar-refractivity contribution in [1.29, 1.82) is 0 Å². The number of aliphatic hydroxyl groups is 1. The standard InChI is InChI=1S/C18H22N6O/c25-17-8-13(12-24-6-2-5-22-24)7-16(17)20-10-15-11-21-23-18(15)14-3-1-4-19-9-14/h1-6,9,11,13,16-17,20,25H,7-8,10,12H2,(H,21,23)/t13?,16-,17-/m1/s1. The SMILES string of the molecule is O[C@@H]1CC(Cn2cccn2)C[C@H]1NCc1cn[nH]c1-c1cccnc1. The number of nitrogens with zero attached hydrogens (tertiary/aromatic N) is 4. The van der Waals surface area contributed by atoms with E-state index >= 15 is 0 Å². The molecule has 1 aliphatic carbocycles. The zero-order valence-corrected chi connectivity index (χ0v) is 13.9. The Hall–Kier alpha value is -2.51. The number of nitrogens with one attached hydrogen (secondary N) is 2. The molecule has 0 saturated heterocycles. The van der Waals surface area contributed by atoms with E-state index < -0.39 is 0 Å². The molecule has 3 aromatic rings. The molecule has 0 aromatic carbocycles. The lowest BCUT2D eigenvalue weighted by molar-refractivity contribution is 0.145. The van der Waals surface area contributed by atoms with Crippen molar-refractivity contribution in [3.63, 3.8) is 0 Å². The molecule has 7 heteroatoms. The van der Waals surface area contributed by atoms with Gasteiger partial charge < -0.3 is 10.4 Å². The molecule has 3 heterocycles. The van der Waals surface area contributed by atoms with E-state index in [9.17, 15) is 5.11 Å². The molecule has 3 atom stereocenters. The van der Waals surface area contributed by atoms with Gasteiger partial charge in [-0.05, 0) is 37.0 Å². The molecule has 3 aromatic heterocycles. The summed E-state index contributed by atoms with van der Waals surface area (Å²) in [4.78, 5) is 4.16. The Morgan fingerprint density at radius 2 is 2.20 bits per heavy atom. The highest BCUT2D eigenvalue weighted by atomic mass is 16.3. The summed E-state index contributed by atoms with van der Waals surface area (Å²) in [6, 6.07) is 5.94. The number of hydrogen-bond acceptors (Lipinski definition) is 5. The zero-order chi connectivity index (χ0) is 17.1. The summed E-state index contributed by atoms with van der Waals surface area (Å²) in [5.74, 6) is 0.439. The Labute approximate surface area is 146 Å². The molecule has 1 aliphatic rings. The van der Waals surface area contributed by atoms with Gasteiger partial charge in [0.2, 0.25) is 0 Å². The van der Waals surface area contributed by atoms with Crippen LogP contribution in [0.1, 0.15) is 18.4 Å². The van der Waals surface area contributed by atoms with Crippen LogP contribution in [-0.4, -0.2) is 42.2 Å². The largest absolute Gasteiger partial charge is 0.391 e. The third-order valence-electron chi connectivity index (χ3n) is 4.85. The van der Waals surface area contributed by atoms with Crippen molar-refractivity contribution in [1.82, 2.24) is 30.3 Å². The summed E-state index contributed by atoms with van der Waals surface area (Å²) in [6.45, 7) is 1.52. The van der Waals surface area contributed by atoms with Gasteiger partial charge in [0.1, 0.15) is 0 Å². The monoisotopic (exact) mass is 338 g/mol. The predicted octanol–water partition coefficient (Wildman–Crippen LogP) is 1.60. The van der Waals surface area contributed by atoms with E-state index in [-0.39, 0.29) is 12.1 Å². The second-order valence-corrected chi connectivity index (χ2v) is 6.63. The molecule has 0 aliphatic heterocycles. The molecule has 1 unspecified atom stereocenters. The van der Waals surface area contributed by atoms with Gasteiger partial charge in [-0.1, -0.05) is 0 Å². The molecule has 1 saturated carbocycles. The summed E-state index contributed by atoms with van der Waals surface area (Å²) >= 11 is 0. The molecule has 0 spiro atoms. The molecule has 0 radical (unpaired) electrons. The second kappa shape index (κ2) is 7.16. The second-order valence-electron chi connectivity index (χ2n) is 6.63. The molecule has 3 N–H and O–H groups in total. The molecule has 1 fully saturated rings. The Kier molecular flexibility index (Phi) is 4.58. The number of aliphatic hydroxyl groups excluding tert-OH is 1. The first kappa shape index (κ1) is 16.0. The van der Waals surface area contributed by atoms with Crippen molar-refractivity contribution in [2.24, 2.45) is 5.92 Å². The van der Waals surface area contributed by atoms with E-state index in [1.54, 1.807) is 12.4 Å². The van der Waals surface area contributed by atoms with E-state index in [0.29, 0.717) is 12.5 Å². The van der Waals surface area contributed by atoms with E-state index in [4.69, 9.17) is 0 Å². The van der Waals surface area contributed by atoms with Gasteiger partial charge in [-0.2, -0.15) is 10.2 Å². The van der Waals surface area contributed by atoms with Crippen LogP contribution in [0.15, 0.2) is 49.2 Å². The van der Waals surface area contributed by atoms with Gasteiger partial charge >= 0.3 is 0 Å². The Morgan fingerprint density at radius 3 is 3.00 bits per heavy atom. The third-order valence-corrected chi connectivity index (χ3v) is 4.85. The van der Waals surface area contributed by atoms with Crippen molar-refractivity contribution < 1.29 is 5.11 Å². The normalized spacial score (nSPS) is 23.2. The summed E-state index contributed by atoms with van der Waals surface area (Å²) in [5.41, 5.74) is 3.07. The zero-order valence-electron chi connectivity index (χ0n) is 13.9.